The van der Waals surface area contributed by atoms with Crippen LogP contribution in [0.4, 0.5) is 0 Å². The summed E-state index contributed by atoms with van der Waals surface area (Å²) in [6.07, 6.45) is 0. The van der Waals surface area contributed by atoms with E-state index in [4.69, 9.17) is 13.9 Å². The van der Waals surface area contributed by atoms with Crippen molar-refractivity contribution >= 4 is 27.9 Å². The number of fused-ring (bicyclic) bond motifs is 3. The highest BCUT2D eigenvalue weighted by Gasteiger charge is 2.23. The van der Waals surface area contributed by atoms with Crippen molar-refractivity contribution in [1.82, 2.24) is 0 Å². The van der Waals surface area contributed by atoms with E-state index in [-0.39, 0.29) is 22.6 Å². The van der Waals surface area contributed by atoms with Gasteiger partial charge in [0.15, 0.2) is 11.3 Å². The van der Waals surface area contributed by atoms with Gasteiger partial charge in [-0.15, -0.1) is 0 Å². The van der Waals surface area contributed by atoms with Crippen LogP contribution in [0.2, 0.25) is 0 Å². The van der Waals surface area contributed by atoms with E-state index in [1.807, 2.05) is 0 Å². The Labute approximate surface area is 119 Å². The first-order valence-electron chi connectivity index (χ1n) is 6.10. The lowest BCUT2D eigenvalue weighted by atomic mass is 10.0. The van der Waals surface area contributed by atoms with E-state index in [2.05, 4.69) is 0 Å². The van der Waals surface area contributed by atoms with Crippen LogP contribution in [0.5, 0.6) is 17.2 Å². The first-order valence-corrected chi connectivity index (χ1v) is 6.10. The third-order valence-corrected chi connectivity index (χ3v) is 3.30. The van der Waals surface area contributed by atoms with Gasteiger partial charge in [-0.05, 0) is 24.3 Å². The second kappa shape index (κ2) is 4.59. The summed E-state index contributed by atoms with van der Waals surface area (Å²) in [6, 6.07) is 5.87. The molecule has 0 saturated heterocycles. The van der Waals surface area contributed by atoms with Crippen molar-refractivity contribution in [2.45, 2.75) is 0 Å². The number of rotatable bonds is 3. The molecule has 0 radical (unpaired) electrons. The fourth-order valence-corrected chi connectivity index (χ4v) is 2.41. The van der Waals surface area contributed by atoms with Gasteiger partial charge in [-0.2, -0.15) is 0 Å². The standard InChI is InChI=1S/C15H12O6/c1-19-11-6-9(15(17)18)12-8-5-7(16)3-4-10(8)21-14(12)13(11)20-2/h3-6,16H,1-2H3,(H,17,18). The number of carbonyl (C=O) groups is 1. The monoisotopic (exact) mass is 288 g/mol. The topological polar surface area (TPSA) is 89.1 Å². The Bertz CT molecular complexity index is 862. The third kappa shape index (κ3) is 1.84. The van der Waals surface area contributed by atoms with E-state index in [9.17, 15) is 15.0 Å². The van der Waals surface area contributed by atoms with Crippen molar-refractivity contribution in [3.8, 4) is 17.2 Å². The summed E-state index contributed by atoms with van der Waals surface area (Å²) in [4.78, 5) is 11.5. The van der Waals surface area contributed by atoms with Gasteiger partial charge in [0.25, 0.3) is 0 Å². The highest BCUT2D eigenvalue weighted by Crippen LogP contribution is 2.43. The molecule has 2 N–H and O–H groups in total. The fraction of sp³-hybridized carbons (Fsp3) is 0.133. The van der Waals surface area contributed by atoms with Gasteiger partial charge in [-0.1, -0.05) is 0 Å². The highest BCUT2D eigenvalue weighted by atomic mass is 16.5. The third-order valence-electron chi connectivity index (χ3n) is 3.30. The number of phenols is 1. The summed E-state index contributed by atoms with van der Waals surface area (Å²) in [6.45, 7) is 0. The molecule has 2 aromatic carbocycles. The van der Waals surface area contributed by atoms with Gasteiger partial charge >= 0.3 is 5.97 Å². The average molecular weight is 288 g/mol. The molecule has 0 spiro atoms. The van der Waals surface area contributed by atoms with Crippen molar-refractivity contribution in [1.29, 1.82) is 0 Å². The predicted octanol–water partition coefficient (Wildman–Crippen LogP) is 3.01. The summed E-state index contributed by atoms with van der Waals surface area (Å²) in [5.41, 5.74) is 0.749. The number of ether oxygens (including phenoxy) is 2. The largest absolute Gasteiger partial charge is 0.508 e. The molecule has 0 amide bonds. The van der Waals surface area contributed by atoms with E-state index in [0.29, 0.717) is 22.1 Å². The number of furan rings is 1. The molecule has 1 aromatic heterocycles. The number of carboxylic acid groups (broad SMARTS) is 1. The lowest BCUT2D eigenvalue weighted by molar-refractivity contribution is 0.0698. The maximum absolute atomic E-state index is 11.5. The summed E-state index contributed by atoms with van der Waals surface area (Å²) in [7, 11) is 2.87. The number of aromatic carboxylic acids is 1. The SMILES string of the molecule is COc1cc(C(=O)O)c2c(oc3ccc(O)cc32)c1OC. The molecule has 0 bridgehead atoms. The smallest absolute Gasteiger partial charge is 0.336 e. The number of phenolic OH excluding ortho intramolecular Hbond substituents is 1. The quantitative estimate of drug-likeness (QED) is 0.770. The molecule has 0 aliphatic rings. The first kappa shape index (κ1) is 13.1. The molecule has 6 nitrogen and oxygen atoms in total. The van der Waals surface area contributed by atoms with Crippen molar-refractivity contribution < 1.29 is 28.9 Å². The van der Waals surface area contributed by atoms with Gasteiger partial charge in [-0.25, -0.2) is 4.79 Å². The van der Waals surface area contributed by atoms with Crippen LogP contribution in [0.3, 0.4) is 0 Å². The fourth-order valence-electron chi connectivity index (χ4n) is 2.41. The predicted molar refractivity (Wildman–Crippen MR) is 75.4 cm³/mol. The molecule has 3 rings (SSSR count). The molecule has 0 aliphatic heterocycles. The average Bonchev–Trinajstić information content (AvgIpc) is 2.83. The van der Waals surface area contributed by atoms with Crippen LogP contribution in [0, 0.1) is 0 Å². The van der Waals surface area contributed by atoms with Crippen molar-refractivity contribution in [2.75, 3.05) is 14.2 Å². The molecule has 6 heteroatoms. The summed E-state index contributed by atoms with van der Waals surface area (Å²) >= 11 is 0. The molecule has 0 aliphatic carbocycles. The van der Waals surface area contributed by atoms with Gasteiger partial charge in [-0.3, -0.25) is 0 Å². The van der Waals surface area contributed by atoms with E-state index >= 15 is 0 Å². The maximum Gasteiger partial charge on any atom is 0.336 e. The van der Waals surface area contributed by atoms with Crippen molar-refractivity contribution in [3.63, 3.8) is 0 Å². The Morgan fingerprint density at radius 3 is 2.57 bits per heavy atom. The van der Waals surface area contributed by atoms with Crippen LogP contribution in [0.25, 0.3) is 21.9 Å². The van der Waals surface area contributed by atoms with Crippen LogP contribution in [-0.4, -0.2) is 30.4 Å². The Kier molecular flexibility index (Phi) is 2.86. The molecule has 0 fully saturated rings. The zero-order valence-corrected chi connectivity index (χ0v) is 11.3. The van der Waals surface area contributed by atoms with Crippen LogP contribution in [-0.2, 0) is 0 Å². The normalized spacial score (nSPS) is 11.0. The van der Waals surface area contributed by atoms with Crippen LogP contribution >= 0.6 is 0 Å². The Morgan fingerprint density at radius 2 is 1.95 bits per heavy atom. The molecular formula is C15H12O6. The van der Waals surface area contributed by atoms with Crippen LogP contribution < -0.4 is 9.47 Å². The van der Waals surface area contributed by atoms with Gasteiger partial charge in [0.2, 0.25) is 5.75 Å². The summed E-state index contributed by atoms with van der Waals surface area (Å²) in [5, 5.41) is 19.9. The van der Waals surface area contributed by atoms with Crippen molar-refractivity contribution in [2.24, 2.45) is 0 Å². The Morgan fingerprint density at radius 1 is 1.19 bits per heavy atom. The lowest BCUT2D eigenvalue weighted by Crippen LogP contribution is -2.00. The van der Waals surface area contributed by atoms with Gasteiger partial charge in [0.1, 0.15) is 11.3 Å². The molecule has 0 atom stereocenters. The zero-order valence-electron chi connectivity index (χ0n) is 11.3. The van der Waals surface area contributed by atoms with E-state index in [1.165, 1.54) is 32.4 Å². The minimum atomic E-state index is -1.12. The van der Waals surface area contributed by atoms with Gasteiger partial charge in [0.05, 0.1) is 19.8 Å². The molecule has 0 saturated carbocycles. The number of aromatic hydroxyl groups is 1. The molecular weight excluding hydrogens is 276 g/mol. The van der Waals surface area contributed by atoms with E-state index in [0.717, 1.165) is 0 Å². The summed E-state index contributed by atoms with van der Waals surface area (Å²) in [5.74, 6) is -0.512. The number of carboxylic acids is 1. The second-order valence-corrected chi connectivity index (χ2v) is 4.45. The Balaban J connectivity index is 2.57. The highest BCUT2D eigenvalue weighted by molar-refractivity contribution is 6.17. The molecule has 21 heavy (non-hydrogen) atoms. The number of hydrogen-bond acceptors (Lipinski definition) is 5. The lowest BCUT2D eigenvalue weighted by Gasteiger charge is -2.09. The summed E-state index contributed by atoms with van der Waals surface area (Å²) < 4.78 is 16.1. The van der Waals surface area contributed by atoms with Crippen molar-refractivity contribution in [3.05, 3.63) is 29.8 Å². The minimum Gasteiger partial charge on any atom is -0.508 e. The Hall–Kier alpha value is -2.89. The molecule has 3 aromatic rings. The van der Waals surface area contributed by atoms with Crippen LogP contribution in [0.1, 0.15) is 10.4 Å². The number of methoxy groups -OCH3 is 2. The number of benzene rings is 2. The van der Waals surface area contributed by atoms with Crippen LogP contribution in [0.15, 0.2) is 28.7 Å². The second-order valence-electron chi connectivity index (χ2n) is 4.45. The molecule has 108 valence electrons. The minimum absolute atomic E-state index is 0.0204. The van der Waals surface area contributed by atoms with E-state index in [1.54, 1.807) is 6.07 Å². The maximum atomic E-state index is 11.5. The van der Waals surface area contributed by atoms with Gasteiger partial charge < -0.3 is 24.1 Å². The van der Waals surface area contributed by atoms with Gasteiger partial charge in [0, 0.05) is 10.8 Å². The molecule has 1 heterocycles. The first-order chi connectivity index (χ1) is 10.1. The van der Waals surface area contributed by atoms with E-state index < -0.39 is 5.97 Å². The zero-order chi connectivity index (χ0) is 15.1. The molecule has 0 unspecified atom stereocenters. The number of hydrogen-bond donors (Lipinski definition) is 2.